The lowest BCUT2D eigenvalue weighted by atomic mass is 10.1. The Labute approximate surface area is 89.0 Å². The van der Waals surface area contributed by atoms with Gasteiger partial charge in [-0.1, -0.05) is 0 Å². The van der Waals surface area contributed by atoms with Crippen LogP contribution in [-0.2, 0) is 9.59 Å². The molecule has 0 aromatic heterocycles. The van der Waals surface area contributed by atoms with E-state index in [9.17, 15) is 9.59 Å². The Morgan fingerprint density at radius 3 is 2.33 bits per heavy atom. The summed E-state index contributed by atoms with van der Waals surface area (Å²) in [5, 5.41) is 11.5. The van der Waals surface area contributed by atoms with E-state index in [0.717, 1.165) is 0 Å². The second-order valence-electron chi connectivity index (χ2n) is 3.56. The van der Waals surface area contributed by atoms with Gasteiger partial charge in [-0.2, -0.15) is 0 Å². The predicted octanol–water partition coefficient (Wildman–Crippen LogP) is -1.88. The van der Waals surface area contributed by atoms with Crippen LogP contribution in [0.25, 0.3) is 0 Å². The molecule has 6 N–H and O–H groups in total. The third-order valence-corrected chi connectivity index (χ3v) is 2.10. The van der Waals surface area contributed by atoms with Crippen LogP contribution in [0.1, 0.15) is 20.3 Å². The van der Waals surface area contributed by atoms with Crippen molar-refractivity contribution < 1.29 is 14.7 Å². The Kier molecular flexibility index (Phi) is 6.07. The molecule has 0 saturated carbocycles. The predicted molar refractivity (Wildman–Crippen MR) is 55.9 cm³/mol. The third-order valence-electron chi connectivity index (χ3n) is 2.10. The first-order valence-electron chi connectivity index (χ1n) is 4.83. The first kappa shape index (κ1) is 14.0. The van der Waals surface area contributed by atoms with Gasteiger partial charge < -0.3 is 21.9 Å². The minimum atomic E-state index is -0.946. The number of nitrogens with two attached hydrogens (primary N) is 2. The van der Waals surface area contributed by atoms with E-state index >= 15 is 0 Å². The lowest BCUT2D eigenvalue weighted by Gasteiger charge is -2.15. The first-order chi connectivity index (χ1) is 6.86. The van der Waals surface area contributed by atoms with Gasteiger partial charge in [0.2, 0.25) is 5.91 Å². The van der Waals surface area contributed by atoms with Gasteiger partial charge in [0.15, 0.2) is 0 Å². The first-order valence-corrected chi connectivity index (χ1v) is 4.83. The molecule has 6 nitrogen and oxygen atoms in total. The number of Topliss-reactive ketones (excluding diaryl/α,β-unsaturated/α-hetero) is 1. The van der Waals surface area contributed by atoms with Gasteiger partial charge in [-0.3, -0.25) is 9.59 Å². The average molecular weight is 217 g/mol. The second-order valence-corrected chi connectivity index (χ2v) is 3.56. The summed E-state index contributed by atoms with van der Waals surface area (Å²) in [6.07, 6.45) is -0.528. The molecule has 15 heavy (non-hydrogen) atoms. The maximum absolute atomic E-state index is 11.2. The minimum absolute atomic E-state index is 0.121. The Hall–Kier alpha value is -0.980. The summed E-state index contributed by atoms with van der Waals surface area (Å²) < 4.78 is 0. The summed E-state index contributed by atoms with van der Waals surface area (Å²) in [4.78, 5) is 22.0. The van der Waals surface area contributed by atoms with Crippen LogP contribution >= 0.6 is 0 Å². The maximum atomic E-state index is 11.2. The lowest BCUT2D eigenvalue weighted by molar-refractivity contribution is -0.125. The molecule has 0 fully saturated rings. The van der Waals surface area contributed by atoms with E-state index in [1.54, 1.807) is 0 Å². The molecule has 0 unspecified atom stereocenters. The molecule has 0 spiro atoms. The highest BCUT2D eigenvalue weighted by molar-refractivity contribution is 5.82. The molecule has 0 saturated heterocycles. The van der Waals surface area contributed by atoms with Gasteiger partial charge in [0.05, 0.1) is 12.1 Å². The number of carbonyl (C=O) groups is 2. The van der Waals surface area contributed by atoms with E-state index in [4.69, 9.17) is 16.6 Å². The van der Waals surface area contributed by atoms with Crippen molar-refractivity contribution in [3.05, 3.63) is 0 Å². The van der Waals surface area contributed by atoms with Crippen LogP contribution in [0, 0.1) is 0 Å². The van der Waals surface area contributed by atoms with Crippen molar-refractivity contribution in [1.29, 1.82) is 0 Å². The summed E-state index contributed by atoms with van der Waals surface area (Å²) in [6.45, 7) is 3.11. The number of hydrogen-bond donors (Lipinski definition) is 4. The quantitative estimate of drug-likeness (QED) is 0.415. The number of nitrogens with one attached hydrogen (secondary N) is 1. The van der Waals surface area contributed by atoms with Gasteiger partial charge in [-0.15, -0.1) is 0 Å². The van der Waals surface area contributed by atoms with E-state index in [1.807, 2.05) is 0 Å². The van der Waals surface area contributed by atoms with E-state index in [0.29, 0.717) is 6.42 Å². The third kappa shape index (κ3) is 5.46. The average Bonchev–Trinajstić information content (AvgIpc) is 2.15. The molecule has 0 bridgehead atoms. The van der Waals surface area contributed by atoms with Crippen molar-refractivity contribution in [3.8, 4) is 0 Å². The van der Waals surface area contributed by atoms with Crippen molar-refractivity contribution >= 4 is 11.7 Å². The molecule has 0 aromatic carbocycles. The van der Waals surface area contributed by atoms with Crippen LogP contribution in [0.4, 0.5) is 0 Å². The van der Waals surface area contributed by atoms with Crippen LogP contribution in [0.3, 0.4) is 0 Å². The number of carbonyl (C=O) groups excluding carboxylic acids is 2. The molecular weight excluding hydrogens is 198 g/mol. The highest BCUT2D eigenvalue weighted by Gasteiger charge is 2.18. The van der Waals surface area contributed by atoms with Gasteiger partial charge >= 0.3 is 0 Å². The Morgan fingerprint density at radius 2 is 1.93 bits per heavy atom. The standard InChI is InChI=1S/C9H19N3O3/c1-5(13)7(10)3-4-12-9(15)8(11)6(2)14/h6-8,14H,3-4,10-11H2,1-2H3,(H,12,15)/t6-,7+,8+/m1/s1. The monoisotopic (exact) mass is 217 g/mol. The summed E-state index contributed by atoms with van der Waals surface area (Å²) in [6, 6.07) is -1.51. The van der Waals surface area contributed by atoms with E-state index < -0.39 is 24.1 Å². The molecule has 6 heteroatoms. The van der Waals surface area contributed by atoms with E-state index in [2.05, 4.69) is 5.32 Å². The number of hydrogen-bond acceptors (Lipinski definition) is 5. The minimum Gasteiger partial charge on any atom is -0.391 e. The molecule has 0 aromatic rings. The highest BCUT2D eigenvalue weighted by atomic mass is 16.3. The Morgan fingerprint density at radius 1 is 1.40 bits per heavy atom. The lowest BCUT2D eigenvalue weighted by Crippen LogP contribution is -2.48. The van der Waals surface area contributed by atoms with Crippen molar-refractivity contribution in [2.24, 2.45) is 11.5 Å². The molecule has 3 atom stereocenters. The summed E-state index contributed by atoms with van der Waals surface area (Å²) >= 11 is 0. The molecular formula is C9H19N3O3. The van der Waals surface area contributed by atoms with Crippen molar-refractivity contribution in [3.63, 3.8) is 0 Å². The molecule has 1 amide bonds. The SMILES string of the molecule is CC(=O)[C@@H](N)CCNC(=O)[C@@H](N)[C@@H](C)O. The second kappa shape index (κ2) is 6.49. The Bertz CT molecular complexity index is 231. The van der Waals surface area contributed by atoms with Gasteiger partial charge in [0.1, 0.15) is 11.8 Å². The van der Waals surface area contributed by atoms with Crippen LogP contribution < -0.4 is 16.8 Å². The topological polar surface area (TPSA) is 118 Å². The van der Waals surface area contributed by atoms with Crippen LogP contribution in [-0.4, -0.2) is 41.5 Å². The summed E-state index contributed by atoms with van der Waals surface area (Å²) in [5.41, 5.74) is 10.8. The molecule has 0 aliphatic carbocycles. The maximum Gasteiger partial charge on any atom is 0.239 e. The van der Waals surface area contributed by atoms with Crippen LogP contribution in [0.15, 0.2) is 0 Å². The zero-order valence-corrected chi connectivity index (χ0v) is 9.06. The van der Waals surface area contributed by atoms with Gasteiger partial charge in [0, 0.05) is 6.54 Å². The molecule has 0 rings (SSSR count). The molecule has 0 aliphatic heterocycles. The largest absolute Gasteiger partial charge is 0.391 e. The van der Waals surface area contributed by atoms with Gasteiger partial charge in [0.25, 0.3) is 0 Å². The number of rotatable bonds is 6. The molecule has 88 valence electrons. The summed E-state index contributed by atoms with van der Waals surface area (Å²) in [5.74, 6) is -0.565. The fraction of sp³-hybridized carbons (Fsp3) is 0.778. The fourth-order valence-electron chi connectivity index (χ4n) is 0.891. The smallest absolute Gasteiger partial charge is 0.239 e. The number of ketones is 1. The van der Waals surface area contributed by atoms with Crippen molar-refractivity contribution in [1.82, 2.24) is 5.32 Å². The zero-order chi connectivity index (χ0) is 12.0. The highest BCUT2D eigenvalue weighted by Crippen LogP contribution is 1.91. The summed E-state index contributed by atoms with van der Waals surface area (Å²) in [7, 11) is 0. The van der Waals surface area contributed by atoms with Crippen molar-refractivity contribution in [2.75, 3.05) is 6.54 Å². The fourth-order valence-corrected chi connectivity index (χ4v) is 0.891. The van der Waals surface area contributed by atoms with Crippen LogP contribution in [0.5, 0.6) is 0 Å². The normalized spacial score (nSPS) is 16.6. The number of amides is 1. The van der Waals surface area contributed by atoms with Gasteiger partial charge in [-0.25, -0.2) is 0 Å². The van der Waals surface area contributed by atoms with Crippen molar-refractivity contribution in [2.45, 2.75) is 38.5 Å². The Balaban J connectivity index is 3.78. The molecule has 0 aliphatic rings. The number of aliphatic hydroxyl groups excluding tert-OH is 1. The van der Waals surface area contributed by atoms with E-state index in [1.165, 1.54) is 13.8 Å². The molecule has 0 heterocycles. The van der Waals surface area contributed by atoms with Gasteiger partial charge in [-0.05, 0) is 20.3 Å². The zero-order valence-electron chi connectivity index (χ0n) is 9.06. The number of aliphatic hydroxyl groups is 1. The molecule has 0 radical (unpaired) electrons. The van der Waals surface area contributed by atoms with Crippen LogP contribution in [0.2, 0.25) is 0 Å². The van der Waals surface area contributed by atoms with E-state index in [-0.39, 0.29) is 12.3 Å².